The Labute approximate surface area is 128 Å². The molecule has 0 bridgehead atoms. The molecule has 0 saturated carbocycles. The minimum absolute atomic E-state index is 0.0145. The fourth-order valence-electron chi connectivity index (χ4n) is 1.93. The summed E-state index contributed by atoms with van der Waals surface area (Å²) in [5, 5.41) is 0. The van der Waals surface area contributed by atoms with Gasteiger partial charge in [0, 0.05) is 20.3 Å². The molecular formula is C16H19N3O3. The van der Waals surface area contributed by atoms with Gasteiger partial charge in [-0.15, -0.1) is 0 Å². The number of nitrogens with one attached hydrogen (secondary N) is 1. The number of amides is 1. The van der Waals surface area contributed by atoms with Gasteiger partial charge in [0.15, 0.2) is 0 Å². The number of para-hydroxylation sites is 1. The number of nitrogens with zero attached hydrogens (tertiary/aromatic N) is 2. The lowest BCUT2D eigenvalue weighted by molar-refractivity contribution is 0.0825. The number of hydrogen-bond acceptors (Lipinski definition) is 4. The number of hydrogen-bond donors (Lipinski definition) is 1. The molecule has 0 atom stereocenters. The van der Waals surface area contributed by atoms with E-state index in [1.807, 2.05) is 31.2 Å². The van der Waals surface area contributed by atoms with Crippen molar-refractivity contribution in [2.75, 3.05) is 20.7 Å². The summed E-state index contributed by atoms with van der Waals surface area (Å²) >= 11 is 0. The quantitative estimate of drug-likeness (QED) is 0.915. The van der Waals surface area contributed by atoms with Gasteiger partial charge in [-0.1, -0.05) is 19.1 Å². The summed E-state index contributed by atoms with van der Waals surface area (Å²) in [6.45, 7) is 2.60. The first-order valence-corrected chi connectivity index (χ1v) is 7.07. The first kappa shape index (κ1) is 15.8. The molecule has 2 rings (SSSR count). The van der Waals surface area contributed by atoms with Crippen molar-refractivity contribution in [2.24, 2.45) is 0 Å². The molecule has 6 nitrogen and oxygen atoms in total. The third-order valence-electron chi connectivity index (χ3n) is 3.04. The Morgan fingerprint density at radius 2 is 2.05 bits per heavy atom. The molecule has 0 saturated heterocycles. The fraction of sp³-hybridized carbons (Fsp3) is 0.312. The van der Waals surface area contributed by atoms with Crippen molar-refractivity contribution in [2.45, 2.75) is 13.3 Å². The SMILES string of the molecule is CCCOc1ccccc1-c1ncc(C(=O)N(C)C)c(=O)[nH]1. The van der Waals surface area contributed by atoms with Crippen LogP contribution in [0, 0.1) is 0 Å². The molecule has 2 aromatic rings. The van der Waals surface area contributed by atoms with Crippen LogP contribution in [0.5, 0.6) is 5.75 Å². The van der Waals surface area contributed by atoms with Crippen molar-refractivity contribution in [1.29, 1.82) is 0 Å². The number of carbonyl (C=O) groups is 1. The van der Waals surface area contributed by atoms with E-state index in [1.165, 1.54) is 11.1 Å². The molecule has 0 aliphatic rings. The molecule has 0 fully saturated rings. The maximum Gasteiger partial charge on any atom is 0.264 e. The van der Waals surface area contributed by atoms with Crippen molar-refractivity contribution < 1.29 is 9.53 Å². The topological polar surface area (TPSA) is 75.3 Å². The van der Waals surface area contributed by atoms with Gasteiger partial charge < -0.3 is 14.6 Å². The fourth-order valence-corrected chi connectivity index (χ4v) is 1.93. The third kappa shape index (κ3) is 3.33. The predicted molar refractivity (Wildman–Crippen MR) is 84.1 cm³/mol. The number of ether oxygens (including phenoxy) is 1. The number of aromatic nitrogens is 2. The van der Waals surface area contributed by atoms with Crippen molar-refractivity contribution in [1.82, 2.24) is 14.9 Å². The molecular weight excluding hydrogens is 282 g/mol. The maximum absolute atomic E-state index is 12.1. The zero-order valence-corrected chi connectivity index (χ0v) is 12.9. The van der Waals surface area contributed by atoms with E-state index in [0.717, 1.165) is 6.42 Å². The van der Waals surface area contributed by atoms with Gasteiger partial charge in [-0.25, -0.2) is 4.98 Å². The second-order valence-electron chi connectivity index (χ2n) is 5.02. The molecule has 1 amide bonds. The van der Waals surface area contributed by atoms with E-state index < -0.39 is 5.56 Å². The highest BCUT2D eigenvalue weighted by Gasteiger charge is 2.15. The zero-order valence-electron chi connectivity index (χ0n) is 12.9. The molecule has 0 aliphatic heterocycles. The van der Waals surface area contributed by atoms with Crippen molar-refractivity contribution in [3.63, 3.8) is 0 Å². The summed E-state index contributed by atoms with van der Waals surface area (Å²) in [5.74, 6) is 0.655. The first-order valence-electron chi connectivity index (χ1n) is 7.07. The van der Waals surface area contributed by atoms with Crippen LogP contribution in [0.25, 0.3) is 11.4 Å². The highest BCUT2D eigenvalue weighted by atomic mass is 16.5. The van der Waals surface area contributed by atoms with Gasteiger partial charge >= 0.3 is 0 Å². The monoisotopic (exact) mass is 301 g/mol. The van der Waals surface area contributed by atoms with Gasteiger partial charge in [0.25, 0.3) is 11.5 Å². The molecule has 116 valence electrons. The number of carbonyl (C=O) groups excluding carboxylic acids is 1. The molecule has 22 heavy (non-hydrogen) atoms. The Morgan fingerprint density at radius 3 is 2.68 bits per heavy atom. The average Bonchev–Trinajstić information content (AvgIpc) is 2.52. The zero-order chi connectivity index (χ0) is 16.1. The van der Waals surface area contributed by atoms with E-state index in [0.29, 0.717) is 23.7 Å². The minimum Gasteiger partial charge on any atom is -0.493 e. The molecule has 0 radical (unpaired) electrons. The van der Waals surface area contributed by atoms with E-state index in [2.05, 4.69) is 9.97 Å². The normalized spacial score (nSPS) is 10.3. The van der Waals surface area contributed by atoms with E-state index >= 15 is 0 Å². The number of benzene rings is 1. The smallest absolute Gasteiger partial charge is 0.264 e. The summed E-state index contributed by atoms with van der Waals surface area (Å²) in [7, 11) is 3.17. The van der Waals surface area contributed by atoms with Crippen molar-refractivity contribution >= 4 is 5.91 Å². The molecule has 1 N–H and O–H groups in total. The predicted octanol–water partition coefficient (Wildman–Crippen LogP) is 1.93. The summed E-state index contributed by atoms with van der Waals surface area (Å²) < 4.78 is 5.66. The van der Waals surface area contributed by atoms with Gasteiger partial charge in [-0.05, 0) is 18.6 Å². The minimum atomic E-state index is -0.464. The maximum atomic E-state index is 12.1. The number of rotatable bonds is 5. The lowest BCUT2D eigenvalue weighted by Gasteiger charge is -2.11. The standard InChI is InChI=1S/C16H19N3O3/c1-4-9-22-13-8-6-5-7-11(13)14-17-10-12(15(20)18-14)16(21)19(2)3/h5-8,10H,4,9H2,1-3H3,(H,17,18,20). The van der Waals surface area contributed by atoms with E-state index in [1.54, 1.807) is 14.1 Å². The van der Waals surface area contributed by atoms with Crippen molar-refractivity contribution in [3.05, 3.63) is 46.4 Å². The third-order valence-corrected chi connectivity index (χ3v) is 3.04. The highest BCUT2D eigenvalue weighted by Crippen LogP contribution is 2.26. The van der Waals surface area contributed by atoms with Crippen LogP contribution in [0.15, 0.2) is 35.3 Å². The summed E-state index contributed by atoms with van der Waals surface area (Å²) in [6.07, 6.45) is 2.18. The van der Waals surface area contributed by atoms with Crippen LogP contribution in [0.3, 0.4) is 0 Å². The Hall–Kier alpha value is -2.63. The van der Waals surface area contributed by atoms with Gasteiger partial charge in [-0.3, -0.25) is 9.59 Å². The number of aromatic amines is 1. The summed E-state index contributed by atoms with van der Waals surface area (Å²) in [5.41, 5.74) is 0.242. The molecule has 0 spiro atoms. The van der Waals surface area contributed by atoms with Crippen LogP contribution in [-0.4, -0.2) is 41.5 Å². The Bertz CT molecular complexity index is 723. The Balaban J connectivity index is 2.41. The molecule has 6 heteroatoms. The van der Waals surface area contributed by atoms with Gasteiger partial charge in [0.2, 0.25) is 0 Å². The first-order chi connectivity index (χ1) is 10.5. The van der Waals surface area contributed by atoms with E-state index in [9.17, 15) is 9.59 Å². The van der Waals surface area contributed by atoms with Crippen LogP contribution >= 0.6 is 0 Å². The van der Waals surface area contributed by atoms with Crippen LogP contribution in [-0.2, 0) is 0 Å². The van der Waals surface area contributed by atoms with E-state index in [-0.39, 0.29) is 11.5 Å². The molecule has 1 heterocycles. The highest BCUT2D eigenvalue weighted by molar-refractivity contribution is 5.93. The van der Waals surface area contributed by atoms with Crippen molar-refractivity contribution in [3.8, 4) is 17.1 Å². The Morgan fingerprint density at radius 1 is 1.32 bits per heavy atom. The molecule has 0 unspecified atom stereocenters. The molecule has 1 aromatic heterocycles. The second kappa shape index (κ2) is 6.89. The average molecular weight is 301 g/mol. The number of H-pyrrole nitrogens is 1. The van der Waals surface area contributed by atoms with Gasteiger partial charge in [0.1, 0.15) is 17.1 Å². The lowest BCUT2D eigenvalue weighted by atomic mass is 10.2. The molecule has 0 aliphatic carbocycles. The van der Waals surface area contributed by atoms with Crippen LogP contribution in [0.4, 0.5) is 0 Å². The second-order valence-corrected chi connectivity index (χ2v) is 5.02. The van der Waals surface area contributed by atoms with Crippen LogP contribution in [0.2, 0.25) is 0 Å². The van der Waals surface area contributed by atoms with Crippen LogP contribution < -0.4 is 10.3 Å². The summed E-state index contributed by atoms with van der Waals surface area (Å²) in [6, 6.07) is 7.34. The van der Waals surface area contributed by atoms with Crippen LogP contribution in [0.1, 0.15) is 23.7 Å². The molecule has 1 aromatic carbocycles. The Kier molecular flexibility index (Phi) is 4.93. The summed E-state index contributed by atoms with van der Waals surface area (Å²) in [4.78, 5) is 32.2. The van der Waals surface area contributed by atoms with E-state index in [4.69, 9.17) is 4.74 Å². The lowest BCUT2D eigenvalue weighted by Crippen LogP contribution is -2.29. The van der Waals surface area contributed by atoms with Gasteiger partial charge in [-0.2, -0.15) is 0 Å². The van der Waals surface area contributed by atoms with Gasteiger partial charge in [0.05, 0.1) is 12.2 Å². The largest absolute Gasteiger partial charge is 0.493 e.